The van der Waals surface area contributed by atoms with Crippen LogP contribution < -0.4 is 21.5 Å². The summed E-state index contributed by atoms with van der Waals surface area (Å²) >= 11 is 5.94. The van der Waals surface area contributed by atoms with E-state index in [4.69, 9.17) is 11.6 Å². The lowest BCUT2D eigenvalue weighted by atomic mass is 10.0. The van der Waals surface area contributed by atoms with Crippen LogP contribution in [0, 0.1) is 0 Å². The zero-order valence-electron chi connectivity index (χ0n) is 14.1. The molecule has 6 nitrogen and oxygen atoms in total. The highest BCUT2D eigenvalue weighted by atomic mass is 35.5. The summed E-state index contributed by atoms with van der Waals surface area (Å²) in [5.41, 5.74) is -0.560. The van der Waals surface area contributed by atoms with E-state index < -0.39 is 22.6 Å². The van der Waals surface area contributed by atoms with Crippen molar-refractivity contribution in [3.8, 4) is 0 Å². The summed E-state index contributed by atoms with van der Waals surface area (Å²) in [5.74, 6) is 0. The highest BCUT2D eigenvalue weighted by Crippen LogP contribution is 2.34. The lowest BCUT2D eigenvalue weighted by molar-refractivity contribution is -0.0941. The number of H-pyrrole nitrogens is 1. The molecular weight excluding hydrogens is 397 g/mol. The number of hydrogen-bond donors (Lipinski definition) is 3. The Morgan fingerprint density at radius 2 is 1.79 bits per heavy atom. The molecular formula is C18H12ClF3N4O2. The normalized spacial score (nSPS) is 14.9. The van der Waals surface area contributed by atoms with Crippen LogP contribution >= 0.6 is 11.6 Å². The molecule has 0 aliphatic heterocycles. The Labute approximate surface area is 160 Å². The van der Waals surface area contributed by atoms with Crippen molar-refractivity contribution in [2.75, 3.05) is 10.6 Å². The molecule has 0 unspecified atom stereocenters. The van der Waals surface area contributed by atoms with Gasteiger partial charge in [0.25, 0.3) is 10.9 Å². The predicted molar refractivity (Wildman–Crippen MR) is 101 cm³/mol. The van der Waals surface area contributed by atoms with Crippen LogP contribution in [0.3, 0.4) is 0 Å². The summed E-state index contributed by atoms with van der Waals surface area (Å²) < 4.78 is 38.1. The van der Waals surface area contributed by atoms with Crippen LogP contribution in [0.1, 0.15) is 12.8 Å². The first-order chi connectivity index (χ1) is 13.2. The molecule has 4 rings (SSSR count). The van der Waals surface area contributed by atoms with Gasteiger partial charge < -0.3 is 15.6 Å². The predicted octanol–water partition coefficient (Wildman–Crippen LogP) is 4.13. The number of rotatable bonds is 4. The highest BCUT2D eigenvalue weighted by Gasteiger charge is 2.34. The quantitative estimate of drug-likeness (QED) is 0.565. The largest absolute Gasteiger partial charge is 0.412 e. The van der Waals surface area contributed by atoms with Gasteiger partial charge in [-0.1, -0.05) is 17.7 Å². The first-order valence-electron chi connectivity index (χ1n) is 8.21. The lowest BCUT2D eigenvalue weighted by Gasteiger charge is -2.20. The SMILES string of the molecule is O=c1c(NC2=CC=C(C(F)(F)F)CC2)c(Nc2c[nH]c3ncc(Cl)cc23)c1=O. The molecule has 0 radical (unpaired) electrons. The average molecular weight is 409 g/mol. The fourth-order valence-corrected chi connectivity index (χ4v) is 3.14. The topological polar surface area (TPSA) is 86.9 Å². The number of fused-ring (bicyclic) bond motifs is 1. The van der Waals surface area contributed by atoms with Gasteiger partial charge in [-0.15, -0.1) is 0 Å². The van der Waals surface area contributed by atoms with E-state index in [1.165, 1.54) is 12.3 Å². The van der Waals surface area contributed by atoms with Gasteiger partial charge in [-0.3, -0.25) is 9.59 Å². The van der Waals surface area contributed by atoms with Crippen LogP contribution in [0.15, 0.2) is 51.5 Å². The molecule has 0 saturated carbocycles. The number of nitrogens with zero attached hydrogens (tertiary/aromatic N) is 1. The molecule has 1 aliphatic carbocycles. The number of nitrogens with one attached hydrogen (secondary N) is 3. The van der Waals surface area contributed by atoms with Crippen molar-refractivity contribution in [1.29, 1.82) is 0 Å². The number of aromatic nitrogens is 2. The maximum atomic E-state index is 12.7. The second-order valence-corrected chi connectivity index (χ2v) is 6.73. The Morgan fingerprint density at radius 3 is 2.43 bits per heavy atom. The van der Waals surface area contributed by atoms with Gasteiger partial charge >= 0.3 is 6.18 Å². The number of pyridine rings is 1. The maximum Gasteiger partial charge on any atom is 0.412 e. The molecule has 2 aromatic heterocycles. The van der Waals surface area contributed by atoms with Crippen LogP contribution in [0.2, 0.25) is 5.02 Å². The standard InChI is InChI=1S/C18H12ClF3N4O2/c19-9-5-11-12(7-24-17(11)23-6-9)26-14-13(15(27)16(14)28)25-10-3-1-8(2-4-10)18(20,21)22/h1,3,5-7,25-26H,2,4H2,(H,23,24). The number of halogens is 4. The van der Waals surface area contributed by atoms with Crippen molar-refractivity contribution in [3.63, 3.8) is 0 Å². The minimum atomic E-state index is -4.37. The Hall–Kier alpha value is -3.07. The molecule has 0 saturated heterocycles. The summed E-state index contributed by atoms with van der Waals surface area (Å²) in [6.07, 6.45) is 0.782. The van der Waals surface area contributed by atoms with E-state index in [1.807, 2.05) is 0 Å². The van der Waals surface area contributed by atoms with Crippen molar-refractivity contribution in [3.05, 3.63) is 67.4 Å². The minimum absolute atomic E-state index is 0.0180. The minimum Gasteiger partial charge on any atom is -0.354 e. The van der Waals surface area contributed by atoms with Gasteiger partial charge in [-0.2, -0.15) is 13.2 Å². The number of alkyl halides is 3. The van der Waals surface area contributed by atoms with Gasteiger partial charge in [0.2, 0.25) is 0 Å². The molecule has 3 N–H and O–H groups in total. The summed E-state index contributed by atoms with van der Waals surface area (Å²) in [7, 11) is 0. The van der Waals surface area contributed by atoms with Crippen molar-refractivity contribution in [1.82, 2.24) is 9.97 Å². The second-order valence-electron chi connectivity index (χ2n) is 6.29. The van der Waals surface area contributed by atoms with E-state index in [-0.39, 0.29) is 24.2 Å². The molecule has 1 aromatic carbocycles. The van der Waals surface area contributed by atoms with Crippen molar-refractivity contribution in [2.24, 2.45) is 0 Å². The van der Waals surface area contributed by atoms with Crippen LogP contribution in [-0.4, -0.2) is 16.1 Å². The zero-order valence-corrected chi connectivity index (χ0v) is 14.8. The Morgan fingerprint density at radius 1 is 1.07 bits per heavy atom. The molecule has 0 bridgehead atoms. The number of hydrogen-bond acceptors (Lipinski definition) is 5. The molecule has 0 fully saturated rings. The molecule has 144 valence electrons. The van der Waals surface area contributed by atoms with E-state index >= 15 is 0 Å². The number of anilines is 3. The van der Waals surface area contributed by atoms with E-state index in [2.05, 4.69) is 20.6 Å². The average Bonchev–Trinajstić information content (AvgIpc) is 3.06. The molecule has 10 heteroatoms. The van der Waals surface area contributed by atoms with Gasteiger partial charge in [0.05, 0.1) is 10.7 Å². The van der Waals surface area contributed by atoms with E-state index in [0.717, 1.165) is 6.08 Å². The Bertz CT molecular complexity index is 1220. The van der Waals surface area contributed by atoms with Crippen molar-refractivity contribution < 1.29 is 13.2 Å². The van der Waals surface area contributed by atoms with Crippen molar-refractivity contribution >= 4 is 39.7 Å². The first kappa shape index (κ1) is 18.3. The Balaban J connectivity index is 1.60. The summed E-state index contributed by atoms with van der Waals surface area (Å²) in [5, 5.41) is 6.68. The molecule has 28 heavy (non-hydrogen) atoms. The first-order valence-corrected chi connectivity index (χ1v) is 8.59. The van der Waals surface area contributed by atoms with Crippen LogP contribution in [-0.2, 0) is 0 Å². The van der Waals surface area contributed by atoms with Gasteiger partial charge in [0, 0.05) is 29.1 Å². The van der Waals surface area contributed by atoms with Gasteiger partial charge in [-0.25, -0.2) is 4.98 Å². The van der Waals surface area contributed by atoms with E-state index in [1.54, 1.807) is 12.3 Å². The third kappa shape index (κ3) is 3.18. The van der Waals surface area contributed by atoms with E-state index in [9.17, 15) is 22.8 Å². The van der Waals surface area contributed by atoms with Crippen molar-refractivity contribution in [2.45, 2.75) is 19.0 Å². The summed E-state index contributed by atoms with van der Waals surface area (Å²) in [4.78, 5) is 30.9. The molecule has 1 aliphatic rings. The Kier molecular flexibility index (Phi) is 4.26. The molecule has 0 amide bonds. The van der Waals surface area contributed by atoms with Gasteiger partial charge in [0.1, 0.15) is 17.0 Å². The second kappa shape index (κ2) is 6.52. The number of allylic oxidation sites excluding steroid dienone is 4. The van der Waals surface area contributed by atoms with Gasteiger partial charge in [0.15, 0.2) is 0 Å². The van der Waals surface area contributed by atoms with Crippen LogP contribution in [0.25, 0.3) is 11.0 Å². The fourth-order valence-electron chi connectivity index (χ4n) is 2.98. The summed E-state index contributed by atoms with van der Waals surface area (Å²) in [6, 6.07) is 1.65. The van der Waals surface area contributed by atoms with Crippen LogP contribution in [0.5, 0.6) is 0 Å². The molecule has 0 atom stereocenters. The zero-order chi connectivity index (χ0) is 20.1. The third-order valence-corrected chi connectivity index (χ3v) is 4.67. The van der Waals surface area contributed by atoms with Crippen LogP contribution in [0.4, 0.5) is 30.2 Å². The lowest BCUT2D eigenvalue weighted by Crippen LogP contribution is -2.36. The smallest absolute Gasteiger partial charge is 0.354 e. The molecule has 3 aromatic rings. The van der Waals surface area contributed by atoms with E-state index in [0.29, 0.717) is 27.4 Å². The monoisotopic (exact) mass is 408 g/mol. The maximum absolute atomic E-state index is 12.7. The van der Waals surface area contributed by atoms with Gasteiger partial charge in [-0.05, 0) is 25.0 Å². The number of aromatic amines is 1. The molecule has 2 heterocycles. The fraction of sp³-hybridized carbons (Fsp3) is 0.167. The third-order valence-electron chi connectivity index (χ3n) is 4.47. The summed E-state index contributed by atoms with van der Waals surface area (Å²) in [6.45, 7) is 0. The molecule has 0 spiro atoms. The highest BCUT2D eigenvalue weighted by molar-refractivity contribution is 6.31.